The van der Waals surface area contributed by atoms with Gasteiger partial charge < -0.3 is 14.2 Å². The topological polar surface area (TPSA) is 61.8 Å². The molecule has 0 rings (SSSR count). The van der Waals surface area contributed by atoms with Gasteiger partial charge in [-0.2, -0.15) is 0 Å². The van der Waals surface area contributed by atoms with Gasteiger partial charge in [-0.25, -0.2) is 4.79 Å². The normalized spacial score (nSPS) is 15.5. The fourth-order valence-corrected chi connectivity index (χ4v) is 2.53. The van der Waals surface area contributed by atoms with Gasteiger partial charge in [0.1, 0.15) is 0 Å². The summed E-state index contributed by atoms with van der Waals surface area (Å²) in [6, 6.07) is 0. The zero-order valence-corrected chi connectivity index (χ0v) is 16.1. The highest BCUT2D eigenvalue weighted by Gasteiger charge is 2.33. The standard InChI is InChI=1S/C16H30O5Si/c1-12(17)20-15(14(18)19-5)21-13(16(2,3)4)10-9-11-22(6,7)8/h9,11,13,15H,10H2,1-8H3/b11-9+. The molecule has 0 spiro atoms. The highest BCUT2D eigenvalue weighted by atomic mass is 28.3. The van der Waals surface area contributed by atoms with Crippen LogP contribution in [0.3, 0.4) is 0 Å². The molecule has 2 atom stereocenters. The number of hydrogen-bond donors (Lipinski definition) is 0. The van der Waals surface area contributed by atoms with E-state index in [-0.39, 0.29) is 11.5 Å². The van der Waals surface area contributed by atoms with Crippen LogP contribution in [0.15, 0.2) is 11.8 Å². The largest absolute Gasteiger partial charge is 0.464 e. The van der Waals surface area contributed by atoms with Crippen LogP contribution in [0, 0.1) is 5.41 Å². The van der Waals surface area contributed by atoms with E-state index in [9.17, 15) is 9.59 Å². The Morgan fingerprint density at radius 1 is 1.18 bits per heavy atom. The lowest BCUT2D eigenvalue weighted by molar-refractivity contribution is -0.214. The predicted octanol–water partition coefficient (Wildman–Crippen LogP) is 3.30. The van der Waals surface area contributed by atoms with Crippen molar-refractivity contribution < 1.29 is 23.8 Å². The van der Waals surface area contributed by atoms with Crippen molar-refractivity contribution in [1.82, 2.24) is 0 Å². The molecule has 0 heterocycles. The van der Waals surface area contributed by atoms with Gasteiger partial charge in [-0.1, -0.05) is 52.2 Å². The summed E-state index contributed by atoms with van der Waals surface area (Å²) < 4.78 is 15.3. The number of ether oxygens (including phenoxy) is 3. The van der Waals surface area contributed by atoms with Crippen LogP contribution in [0.2, 0.25) is 19.6 Å². The third kappa shape index (κ3) is 8.99. The van der Waals surface area contributed by atoms with Gasteiger partial charge in [0.25, 0.3) is 0 Å². The van der Waals surface area contributed by atoms with Gasteiger partial charge >= 0.3 is 18.2 Å². The fourth-order valence-electron chi connectivity index (χ4n) is 1.69. The van der Waals surface area contributed by atoms with Gasteiger partial charge in [0.2, 0.25) is 0 Å². The third-order valence-corrected chi connectivity index (χ3v) is 4.12. The van der Waals surface area contributed by atoms with Crippen LogP contribution >= 0.6 is 0 Å². The number of rotatable bonds is 7. The van der Waals surface area contributed by atoms with Crippen molar-refractivity contribution in [2.45, 2.75) is 66.2 Å². The Bertz CT molecular complexity index is 404. The average molecular weight is 330 g/mol. The maximum absolute atomic E-state index is 11.7. The molecule has 0 aromatic rings. The van der Waals surface area contributed by atoms with Crippen molar-refractivity contribution in [3.63, 3.8) is 0 Å². The quantitative estimate of drug-likeness (QED) is 0.407. The molecule has 128 valence electrons. The minimum atomic E-state index is -1.33. The predicted molar refractivity (Wildman–Crippen MR) is 89.0 cm³/mol. The van der Waals surface area contributed by atoms with E-state index in [4.69, 9.17) is 9.47 Å². The summed E-state index contributed by atoms with van der Waals surface area (Å²) in [7, 11) is -0.0556. The molecule has 0 aromatic heterocycles. The van der Waals surface area contributed by atoms with Crippen LogP contribution in [-0.4, -0.2) is 39.5 Å². The Kier molecular flexibility index (Phi) is 8.04. The summed E-state index contributed by atoms with van der Waals surface area (Å²) >= 11 is 0. The summed E-state index contributed by atoms with van der Waals surface area (Å²) in [6.07, 6.45) is 1.13. The second-order valence-electron chi connectivity index (χ2n) is 7.46. The molecule has 0 aliphatic heterocycles. The molecule has 6 heteroatoms. The molecule has 0 fully saturated rings. The highest BCUT2D eigenvalue weighted by Crippen LogP contribution is 2.27. The van der Waals surface area contributed by atoms with Crippen molar-refractivity contribution in [2.75, 3.05) is 7.11 Å². The summed E-state index contributed by atoms with van der Waals surface area (Å²) in [6.45, 7) is 14.0. The first-order chi connectivity index (χ1) is 9.86. The number of hydrogen-bond acceptors (Lipinski definition) is 5. The first kappa shape index (κ1) is 20.9. The van der Waals surface area contributed by atoms with Crippen molar-refractivity contribution in [1.29, 1.82) is 0 Å². The van der Waals surface area contributed by atoms with Crippen molar-refractivity contribution in [3.05, 3.63) is 11.8 Å². The van der Waals surface area contributed by atoms with E-state index < -0.39 is 26.3 Å². The molecule has 0 amide bonds. The van der Waals surface area contributed by atoms with E-state index in [1.807, 2.05) is 20.8 Å². The van der Waals surface area contributed by atoms with E-state index in [2.05, 4.69) is 36.2 Å². The molecule has 2 unspecified atom stereocenters. The third-order valence-electron chi connectivity index (χ3n) is 2.89. The zero-order valence-electron chi connectivity index (χ0n) is 15.1. The number of methoxy groups -OCH3 is 1. The Hall–Kier alpha value is -1.14. The summed E-state index contributed by atoms with van der Waals surface area (Å²) in [5.74, 6) is -1.29. The number of carbonyl (C=O) groups excluding carboxylic acids is 2. The van der Waals surface area contributed by atoms with E-state index in [0.29, 0.717) is 6.42 Å². The molecular weight excluding hydrogens is 300 g/mol. The number of carbonyl (C=O) groups is 2. The van der Waals surface area contributed by atoms with Crippen molar-refractivity contribution in [2.24, 2.45) is 5.41 Å². The average Bonchev–Trinajstić information content (AvgIpc) is 2.32. The molecule has 0 saturated heterocycles. The van der Waals surface area contributed by atoms with Crippen LogP contribution in [0.1, 0.15) is 34.1 Å². The van der Waals surface area contributed by atoms with Crippen LogP contribution in [-0.2, 0) is 23.8 Å². The molecule has 5 nitrogen and oxygen atoms in total. The Balaban J connectivity index is 5.06. The van der Waals surface area contributed by atoms with E-state index >= 15 is 0 Å². The second-order valence-corrected chi connectivity index (χ2v) is 12.5. The Morgan fingerprint density at radius 3 is 2.09 bits per heavy atom. The van der Waals surface area contributed by atoms with Gasteiger partial charge in [0.15, 0.2) is 0 Å². The van der Waals surface area contributed by atoms with Gasteiger partial charge in [-0.3, -0.25) is 4.79 Å². The molecular formula is C16H30O5Si. The molecule has 0 bridgehead atoms. The molecule has 0 saturated carbocycles. The molecule has 0 radical (unpaired) electrons. The summed E-state index contributed by atoms with van der Waals surface area (Å²) in [5, 5.41) is 0. The second kappa shape index (κ2) is 8.48. The lowest BCUT2D eigenvalue weighted by Crippen LogP contribution is -2.39. The maximum Gasteiger partial charge on any atom is 0.376 e. The lowest BCUT2D eigenvalue weighted by Gasteiger charge is -2.32. The first-order valence-corrected chi connectivity index (χ1v) is 11.0. The van der Waals surface area contributed by atoms with E-state index in [0.717, 1.165) is 0 Å². The minimum Gasteiger partial charge on any atom is -0.464 e. The van der Waals surface area contributed by atoms with Crippen LogP contribution in [0.5, 0.6) is 0 Å². The van der Waals surface area contributed by atoms with E-state index in [1.54, 1.807) is 0 Å². The smallest absolute Gasteiger partial charge is 0.376 e. The molecule has 22 heavy (non-hydrogen) atoms. The SMILES string of the molecule is COC(=O)C(OC(C)=O)OC(C/C=C/[Si](C)(C)C)C(C)(C)C. The Morgan fingerprint density at radius 2 is 1.73 bits per heavy atom. The van der Waals surface area contributed by atoms with Crippen LogP contribution < -0.4 is 0 Å². The van der Waals surface area contributed by atoms with E-state index in [1.165, 1.54) is 14.0 Å². The van der Waals surface area contributed by atoms with Gasteiger partial charge in [-0.15, -0.1) is 0 Å². The molecule has 0 aliphatic rings. The van der Waals surface area contributed by atoms with Gasteiger partial charge in [0, 0.05) is 6.92 Å². The van der Waals surface area contributed by atoms with Gasteiger partial charge in [0.05, 0.1) is 21.3 Å². The minimum absolute atomic E-state index is 0.212. The molecule has 0 aliphatic carbocycles. The van der Waals surface area contributed by atoms with Gasteiger partial charge in [-0.05, 0) is 11.8 Å². The molecule has 0 N–H and O–H groups in total. The first-order valence-electron chi connectivity index (χ1n) is 7.45. The summed E-state index contributed by atoms with van der Waals surface area (Å²) in [4.78, 5) is 22.8. The monoisotopic (exact) mass is 330 g/mol. The van der Waals surface area contributed by atoms with Crippen molar-refractivity contribution >= 4 is 20.0 Å². The lowest BCUT2D eigenvalue weighted by atomic mass is 9.87. The highest BCUT2D eigenvalue weighted by molar-refractivity contribution is 6.80. The van der Waals surface area contributed by atoms with Crippen LogP contribution in [0.25, 0.3) is 0 Å². The Labute approximate surface area is 135 Å². The number of esters is 2. The zero-order chi connectivity index (χ0) is 17.6. The molecule has 0 aromatic carbocycles. The van der Waals surface area contributed by atoms with Crippen LogP contribution in [0.4, 0.5) is 0 Å². The fraction of sp³-hybridized carbons (Fsp3) is 0.750. The summed E-state index contributed by atoms with van der Waals surface area (Å²) in [5.41, 5.74) is 2.02. The maximum atomic E-state index is 11.7. The van der Waals surface area contributed by atoms with Crippen molar-refractivity contribution in [3.8, 4) is 0 Å².